The molecule has 76 heavy (non-hydrogen) atoms. The Kier molecular flexibility index (Phi) is 18.3. The minimum absolute atomic E-state index is 0.176. The number of nitrogen functional groups attached to an aromatic ring is 2. The summed E-state index contributed by atoms with van der Waals surface area (Å²) in [6, 6.07) is 10.9. The Morgan fingerprint density at radius 3 is 1.76 bits per heavy atom. The van der Waals surface area contributed by atoms with Crippen LogP contribution in [-0.2, 0) is 4.79 Å². The Balaban J connectivity index is 0.000000179. The molecule has 0 spiro atoms. The highest BCUT2D eigenvalue weighted by molar-refractivity contribution is 6.14. The number of hydrogen-bond donors (Lipinski definition) is 9. The minimum Gasteiger partial charge on any atom is -0.398 e. The molecule has 6 heterocycles. The van der Waals surface area contributed by atoms with Crippen LogP contribution in [0.1, 0.15) is 83.3 Å². The SMILES string of the molecule is C/C=C/C=c1/[nH]nc/c1=C\c1c(N)c(C(N)=O)cc2nccnc12.CC.CC.Cc1ccc2[nH]ncc2c1-c1c(N)c(C(N)=O)cc2nccnc12.Cc1ccc2[nH]ncc2c1/C=C(N)/C(=C\c1cnccn1)C(N)=O. The van der Waals surface area contributed by atoms with E-state index in [1.807, 2.05) is 97.0 Å². The molecule has 0 bridgehead atoms. The van der Waals surface area contributed by atoms with Gasteiger partial charge in [0.1, 0.15) is 0 Å². The van der Waals surface area contributed by atoms with E-state index in [4.69, 9.17) is 34.4 Å². The van der Waals surface area contributed by atoms with Crippen LogP contribution in [0.5, 0.6) is 0 Å². The van der Waals surface area contributed by atoms with Crippen molar-refractivity contribution < 1.29 is 14.4 Å². The summed E-state index contributed by atoms with van der Waals surface area (Å²) in [6.07, 6.45) is 26.8. The van der Waals surface area contributed by atoms with Crippen LogP contribution in [0.4, 0.5) is 11.4 Å². The van der Waals surface area contributed by atoms with Crippen LogP contribution in [0.3, 0.4) is 0 Å². The number of anilines is 2. The summed E-state index contributed by atoms with van der Waals surface area (Å²) in [5.41, 5.74) is 46.1. The topological polar surface area (TPSA) is 371 Å². The first kappa shape index (κ1) is 54.9. The van der Waals surface area contributed by atoms with Crippen LogP contribution < -0.4 is 45.0 Å². The Bertz CT molecular complexity index is 3950. The van der Waals surface area contributed by atoms with Crippen LogP contribution >= 0.6 is 0 Å². The first-order valence-corrected chi connectivity index (χ1v) is 23.9. The number of nitrogens with two attached hydrogens (primary N) is 6. The second-order valence-electron chi connectivity index (χ2n) is 16.0. The zero-order valence-corrected chi connectivity index (χ0v) is 42.9. The lowest BCUT2D eigenvalue weighted by Gasteiger charge is -2.15. The maximum atomic E-state index is 11.8. The lowest BCUT2D eigenvalue weighted by molar-refractivity contribution is -0.114. The first-order valence-electron chi connectivity index (χ1n) is 23.9. The number of aromatic amines is 3. The number of H-pyrrole nitrogens is 3. The molecule has 21 nitrogen and oxygen atoms in total. The van der Waals surface area contributed by atoms with Gasteiger partial charge in [-0.15, -0.1) is 0 Å². The summed E-state index contributed by atoms with van der Waals surface area (Å²) in [7, 11) is 0. The normalized spacial score (nSPS) is 11.8. The maximum Gasteiger partial charge on any atom is 0.250 e. The number of aryl methyl sites for hydroxylation is 2. The molecule has 0 atom stereocenters. The van der Waals surface area contributed by atoms with E-state index in [0.717, 1.165) is 54.6 Å². The molecule has 386 valence electrons. The molecule has 0 aliphatic rings. The van der Waals surface area contributed by atoms with E-state index in [-0.39, 0.29) is 28.1 Å². The number of hydrogen-bond acceptors (Lipinski definition) is 15. The fourth-order valence-electron chi connectivity index (χ4n) is 7.84. The van der Waals surface area contributed by atoms with Gasteiger partial charge in [-0.2, -0.15) is 15.3 Å². The zero-order chi connectivity index (χ0) is 55.1. The van der Waals surface area contributed by atoms with Crippen molar-refractivity contribution >= 4 is 97.3 Å². The molecule has 0 saturated carbocycles. The number of carbonyl (C=O) groups excluding carboxylic acids is 3. The number of rotatable bonds is 9. The number of nitrogens with one attached hydrogen (secondary N) is 3. The summed E-state index contributed by atoms with van der Waals surface area (Å²) in [5, 5.41) is 24.4. The summed E-state index contributed by atoms with van der Waals surface area (Å²) in [4.78, 5) is 60.7. The quantitative estimate of drug-likeness (QED) is 0.0457. The summed E-state index contributed by atoms with van der Waals surface area (Å²) >= 11 is 0. The molecule has 0 aliphatic heterocycles. The van der Waals surface area contributed by atoms with Crippen LogP contribution in [0.15, 0.2) is 122 Å². The van der Waals surface area contributed by atoms with E-state index >= 15 is 0 Å². The molecular formula is C55H58N18O3. The highest BCUT2D eigenvalue weighted by atomic mass is 16.2. The van der Waals surface area contributed by atoms with Gasteiger partial charge in [-0.25, -0.2) is 0 Å². The number of fused-ring (bicyclic) bond motifs is 4. The zero-order valence-electron chi connectivity index (χ0n) is 42.9. The fourth-order valence-corrected chi connectivity index (χ4v) is 7.84. The minimum atomic E-state index is -0.633. The van der Waals surface area contributed by atoms with Gasteiger partial charge >= 0.3 is 0 Å². The van der Waals surface area contributed by atoms with Crippen molar-refractivity contribution in [3.63, 3.8) is 0 Å². The van der Waals surface area contributed by atoms with E-state index in [0.29, 0.717) is 44.6 Å². The van der Waals surface area contributed by atoms with Crippen LogP contribution in [0.2, 0.25) is 0 Å². The van der Waals surface area contributed by atoms with Gasteiger partial charge in [0, 0.05) is 70.0 Å². The number of benzene rings is 4. The van der Waals surface area contributed by atoms with Gasteiger partial charge in [-0.1, -0.05) is 52.0 Å². The van der Waals surface area contributed by atoms with E-state index in [9.17, 15) is 14.4 Å². The van der Waals surface area contributed by atoms with Crippen molar-refractivity contribution in [1.82, 2.24) is 60.5 Å². The average Bonchev–Trinajstić information content (AvgIpc) is 4.23. The van der Waals surface area contributed by atoms with Gasteiger partial charge in [0.25, 0.3) is 17.7 Å². The van der Waals surface area contributed by atoms with Crippen LogP contribution in [0.25, 0.3) is 79.3 Å². The molecule has 10 rings (SSSR count). The monoisotopic (exact) mass is 1020 g/mol. The number of amides is 3. The van der Waals surface area contributed by atoms with Crippen molar-refractivity contribution in [2.75, 3.05) is 11.5 Å². The van der Waals surface area contributed by atoms with Gasteiger partial charge in [0.2, 0.25) is 0 Å². The van der Waals surface area contributed by atoms with Crippen molar-refractivity contribution in [2.24, 2.45) is 22.9 Å². The van der Waals surface area contributed by atoms with E-state index < -0.39 is 17.7 Å². The van der Waals surface area contributed by atoms with Gasteiger partial charge in [0.15, 0.2) is 0 Å². The number of primary amides is 3. The second kappa shape index (κ2) is 25.3. The Labute approximate surface area is 436 Å². The predicted octanol–water partition coefficient (Wildman–Crippen LogP) is 5.96. The largest absolute Gasteiger partial charge is 0.398 e. The molecule has 10 aromatic rings. The number of nitrogens with zero attached hydrogens (tertiary/aromatic N) is 9. The number of allylic oxidation sites excluding steroid dienone is 2. The van der Waals surface area contributed by atoms with E-state index in [1.54, 1.807) is 67.8 Å². The van der Waals surface area contributed by atoms with E-state index in [2.05, 4.69) is 60.5 Å². The smallest absolute Gasteiger partial charge is 0.250 e. The molecule has 0 saturated heterocycles. The third-order valence-corrected chi connectivity index (χ3v) is 11.4. The lowest BCUT2D eigenvalue weighted by atomic mass is 9.92. The highest BCUT2D eigenvalue weighted by Gasteiger charge is 2.21. The van der Waals surface area contributed by atoms with Gasteiger partial charge < -0.3 is 34.4 Å². The third kappa shape index (κ3) is 12.1. The Morgan fingerprint density at radius 2 is 1.14 bits per heavy atom. The van der Waals surface area contributed by atoms with E-state index in [1.165, 1.54) is 18.5 Å². The van der Waals surface area contributed by atoms with Crippen LogP contribution in [0, 0.1) is 13.8 Å². The Morgan fingerprint density at radius 1 is 0.579 bits per heavy atom. The Hall–Kier alpha value is -10.4. The summed E-state index contributed by atoms with van der Waals surface area (Å²) in [6.45, 7) is 13.9. The average molecular weight is 1020 g/mol. The molecular weight excluding hydrogens is 961 g/mol. The molecule has 6 aromatic heterocycles. The van der Waals surface area contributed by atoms with Crippen molar-refractivity contribution in [2.45, 2.75) is 48.5 Å². The number of aromatic nitrogens is 12. The molecule has 3 amide bonds. The van der Waals surface area contributed by atoms with Crippen molar-refractivity contribution in [1.29, 1.82) is 0 Å². The first-order chi connectivity index (χ1) is 36.7. The number of carbonyl (C=O) groups is 3. The van der Waals surface area contributed by atoms with Gasteiger partial charge in [-0.05, 0) is 91.6 Å². The summed E-state index contributed by atoms with van der Waals surface area (Å²) < 4.78 is 0. The van der Waals surface area contributed by atoms with Gasteiger partial charge in [0.05, 0.1) is 97.0 Å². The lowest BCUT2D eigenvalue weighted by Crippen LogP contribution is -2.22. The van der Waals surface area contributed by atoms with Crippen LogP contribution in [-0.4, -0.2) is 78.2 Å². The second-order valence-corrected chi connectivity index (χ2v) is 16.0. The third-order valence-electron chi connectivity index (χ3n) is 11.4. The molecule has 0 radical (unpaired) electrons. The fraction of sp³-hybridized carbons (Fsp3) is 0.127. The molecule has 0 unspecified atom stereocenters. The molecule has 15 N–H and O–H groups in total. The molecule has 0 fully saturated rings. The molecule has 4 aromatic carbocycles. The molecule has 0 aliphatic carbocycles. The maximum absolute atomic E-state index is 11.8. The van der Waals surface area contributed by atoms with Crippen molar-refractivity contribution in [3.05, 3.63) is 171 Å². The highest BCUT2D eigenvalue weighted by Crippen LogP contribution is 2.40. The van der Waals surface area contributed by atoms with Gasteiger partial charge in [-0.3, -0.25) is 59.6 Å². The predicted molar refractivity (Wildman–Crippen MR) is 300 cm³/mol. The summed E-state index contributed by atoms with van der Waals surface area (Å²) in [5.74, 6) is -1.84. The van der Waals surface area contributed by atoms with Crippen molar-refractivity contribution in [3.8, 4) is 11.1 Å². The standard InChI is InChI=1S/C17H14N6O.2C17H16N6O.2C2H6/c1-8-2-3-11-10(7-22-23-11)13(8)14-15(18)9(17(19)24)6-12-16(14)21-5-4-20-12;1-10-2-3-16-14(9-22-23-16)12(10)7-15(18)13(17(19)24)6-11-8-20-4-5-21-11;1-2-3-4-13-10(9-22-23-13)7-11-15(18)12(17(19)24)8-14-16(11)21-6-5-20-14;2*1-2/h2-7H,18H2,1H3,(H2,19,24)(H,22,23);2-9H,18H2,1H3,(H2,19,24)(H,22,23);2-9,23H,18H2,1H3,(H2,19,24);2*1-2H3/b;13-6+,15-7-;3-2+,10-7+,13-4+;;. The molecule has 21 heteroatoms.